The molecule has 0 aliphatic rings. The number of ether oxygens (including phenoxy) is 1. The number of aromatic nitrogens is 2. The number of aryl methyl sites for hydroxylation is 1. The average Bonchev–Trinajstić information content (AvgIpc) is 3.00. The SMILES string of the molecule is CCCc1nn(-c2ccc(OC)cc2)c(CC)c1C(=O)NCC[NH+](C)C. The fraction of sp³-hybridized carbons (Fsp3) is 0.500. The topological polar surface area (TPSA) is 60.6 Å². The lowest BCUT2D eigenvalue weighted by Gasteiger charge is -2.10. The maximum absolute atomic E-state index is 12.9. The molecule has 2 rings (SSSR count). The highest BCUT2D eigenvalue weighted by molar-refractivity contribution is 5.96. The number of nitrogens with zero attached hydrogens (tertiary/aromatic N) is 2. The van der Waals surface area contributed by atoms with Gasteiger partial charge in [-0.05, 0) is 37.1 Å². The largest absolute Gasteiger partial charge is 0.497 e. The standard InChI is InChI=1S/C20H30N4O2/c1-6-8-17-19(20(25)21-13-14-23(3)4)18(7-2)24(22-17)15-9-11-16(26-5)12-10-15/h9-12H,6-8,13-14H2,1-5H3,(H,21,25)/p+1. The Balaban J connectivity index is 2.39. The van der Waals surface area contributed by atoms with Crippen LogP contribution in [0.3, 0.4) is 0 Å². The number of methoxy groups -OCH3 is 1. The molecule has 0 aliphatic carbocycles. The average molecular weight is 359 g/mol. The normalized spacial score (nSPS) is 11.0. The molecule has 0 spiro atoms. The van der Waals surface area contributed by atoms with Gasteiger partial charge in [0.25, 0.3) is 5.91 Å². The van der Waals surface area contributed by atoms with E-state index in [1.807, 2.05) is 28.9 Å². The van der Waals surface area contributed by atoms with E-state index in [0.717, 1.165) is 54.2 Å². The Bertz CT molecular complexity index is 720. The van der Waals surface area contributed by atoms with E-state index in [-0.39, 0.29) is 5.91 Å². The van der Waals surface area contributed by atoms with Crippen molar-refractivity contribution in [1.29, 1.82) is 0 Å². The molecule has 2 N–H and O–H groups in total. The van der Waals surface area contributed by atoms with Crippen LogP contribution in [0.5, 0.6) is 5.75 Å². The first kappa shape index (κ1) is 20.0. The minimum atomic E-state index is -0.0219. The second-order valence-electron chi connectivity index (χ2n) is 6.69. The fourth-order valence-electron chi connectivity index (χ4n) is 2.96. The smallest absolute Gasteiger partial charge is 0.255 e. The van der Waals surface area contributed by atoms with Crippen LogP contribution in [-0.2, 0) is 12.8 Å². The van der Waals surface area contributed by atoms with E-state index >= 15 is 0 Å². The predicted octanol–water partition coefficient (Wildman–Crippen LogP) is 1.27. The lowest BCUT2D eigenvalue weighted by molar-refractivity contribution is -0.856. The number of rotatable bonds is 9. The van der Waals surface area contributed by atoms with Gasteiger partial charge in [-0.15, -0.1) is 0 Å². The zero-order valence-corrected chi connectivity index (χ0v) is 16.6. The highest BCUT2D eigenvalue weighted by atomic mass is 16.5. The Morgan fingerprint density at radius 2 is 1.92 bits per heavy atom. The summed E-state index contributed by atoms with van der Waals surface area (Å²) in [4.78, 5) is 14.2. The Hall–Kier alpha value is -2.34. The van der Waals surface area contributed by atoms with Crippen molar-refractivity contribution in [2.45, 2.75) is 33.1 Å². The van der Waals surface area contributed by atoms with Gasteiger partial charge in [0.2, 0.25) is 0 Å². The number of carbonyl (C=O) groups is 1. The summed E-state index contributed by atoms with van der Waals surface area (Å²) >= 11 is 0. The first-order chi connectivity index (χ1) is 12.5. The lowest BCUT2D eigenvalue weighted by Crippen LogP contribution is -3.06. The summed E-state index contributed by atoms with van der Waals surface area (Å²) in [5.74, 6) is 0.781. The van der Waals surface area contributed by atoms with Gasteiger partial charge in [0.15, 0.2) is 0 Å². The molecule has 0 saturated heterocycles. The molecular weight excluding hydrogens is 328 g/mol. The Labute approximate surface area is 156 Å². The van der Waals surface area contributed by atoms with Crippen molar-refractivity contribution in [1.82, 2.24) is 15.1 Å². The minimum Gasteiger partial charge on any atom is -0.497 e. The van der Waals surface area contributed by atoms with Crippen LogP contribution in [0.2, 0.25) is 0 Å². The predicted molar refractivity (Wildman–Crippen MR) is 103 cm³/mol. The third-order valence-corrected chi connectivity index (χ3v) is 4.33. The van der Waals surface area contributed by atoms with E-state index in [4.69, 9.17) is 9.84 Å². The molecule has 0 radical (unpaired) electrons. The van der Waals surface area contributed by atoms with Crippen molar-refractivity contribution in [3.63, 3.8) is 0 Å². The van der Waals surface area contributed by atoms with Crippen molar-refractivity contribution in [3.05, 3.63) is 41.2 Å². The van der Waals surface area contributed by atoms with Crippen LogP contribution in [0.4, 0.5) is 0 Å². The Morgan fingerprint density at radius 3 is 2.46 bits per heavy atom. The van der Waals surface area contributed by atoms with Gasteiger partial charge in [-0.1, -0.05) is 20.3 Å². The van der Waals surface area contributed by atoms with Gasteiger partial charge in [0, 0.05) is 0 Å². The van der Waals surface area contributed by atoms with E-state index in [1.165, 1.54) is 4.90 Å². The number of likely N-dealkylation sites (N-methyl/N-ethyl adjacent to an activating group) is 1. The third kappa shape index (κ3) is 4.64. The molecule has 142 valence electrons. The van der Waals surface area contributed by atoms with Gasteiger partial charge in [0.1, 0.15) is 5.75 Å². The minimum absolute atomic E-state index is 0.0219. The molecule has 1 heterocycles. The first-order valence-corrected chi connectivity index (χ1v) is 9.34. The second-order valence-corrected chi connectivity index (χ2v) is 6.69. The summed E-state index contributed by atoms with van der Waals surface area (Å²) < 4.78 is 7.13. The molecule has 0 aliphatic heterocycles. The van der Waals surface area contributed by atoms with Gasteiger partial charge in [-0.3, -0.25) is 4.79 Å². The Kier molecular flexibility index (Phi) is 7.21. The molecule has 26 heavy (non-hydrogen) atoms. The van der Waals surface area contributed by atoms with Crippen molar-refractivity contribution in [2.24, 2.45) is 0 Å². The molecule has 0 unspecified atom stereocenters. The van der Waals surface area contributed by atoms with Gasteiger partial charge >= 0.3 is 0 Å². The van der Waals surface area contributed by atoms with Crippen LogP contribution in [0.15, 0.2) is 24.3 Å². The van der Waals surface area contributed by atoms with Crippen LogP contribution in [0.25, 0.3) is 5.69 Å². The van der Waals surface area contributed by atoms with Gasteiger partial charge in [-0.2, -0.15) is 5.10 Å². The molecule has 0 fully saturated rings. The number of hydrogen-bond acceptors (Lipinski definition) is 3. The number of benzene rings is 1. The zero-order valence-electron chi connectivity index (χ0n) is 16.6. The van der Waals surface area contributed by atoms with E-state index < -0.39 is 0 Å². The van der Waals surface area contributed by atoms with Crippen LogP contribution >= 0.6 is 0 Å². The van der Waals surface area contributed by atoms with E-state index in [9.17, 15) is 4.79 Å². The van der Waals surface area contributed by atoms with Gasteiger partial charge < -0.3 is 15.0 Å². The van der Waals surface area contributed by atoms with Crippen LogP contribution in [0, 0.1) is 0 Å². The molecule has 6 nitrogen and oxygen atoms in total. The van der Waals surface area contributed by atoms with Crippen molar-refractivity contribution >= 4 is 5.91 Å². The van der Waals surface area contributed by atoms with Crippen LogP contribution in [0.1, 0.15) is 42.0 Å². The molecular formula is C20H31N4O2+. The van der Waals surface area contributed by atoms with Crippen molar-refractivity contribution in [3.8, 4) is 11.4 Å². The fourth-order valence-corrected chi connectivity index (χ4v) is 2.96. The quantitative estimate of drug-likeness (QED) is 0.709. The van der Waals surface area contributed by atoms with Crippen LogP contribution in [-0.4, -0.2) is 50.0 Å². The molecule has 6 heteroatoms. The summed E-state index contributed by atoms with van der Waals surface area (Å²) in [5, 5.41) is 7.82. The van der Waals surface area contributed by atoms with Gasteiger partial charge in [0.05, 0.1) is 56.9 Å². The number of nitrogens with one attached hydrogen (secondary N) is 2. The summed E-state index contributed by atoms with van der Waals surface area (Å²) in [7, 11) is 5.80. The summed E-state index contributed by atoms with van der Waals surface area (Å²) in [6.07, 6.45) is 2.48. The highest BCUT2D eigenvalue weighted by Gasteiger charge is 2.23. The molecule has 0 bridgehead atoms. The van der Waals surface area contributed by atoms with E-state index in [1.54, 1.807) is 7.11 Å². The first-order valence-electron chi connectivity index (χ1n) is 9.34. The highest BCUT2D eigenvalue weighted by Crippen LogP contribution is 2.22. The molecule has 1 amide bonds. The Morgan fingerprint density at radius 1 is 1.23 bits per heavy atom. The number of carbonyl (C=O) groups excluding carboxylic acids is 1. The molecule has 2 aromatic rings. The number of quaternary nitrogens is 1. The molecule has 1 aromatic heterocycles. The second kappa shape index (κ2) is 9.38. The maximum Gasteiger partial charge on any atom is 0.255 e. The monoisotopic (exact) mass is 359 g/mol. The lowest BCUT2D eigenvalue weighted by atomic mass is 10.1. The summed E-state index contributed by atoms with van der Waals surface area (Å²) in [6.45, 7) is 5.72. The van der Waals surface area contributed by atoms with Crippen molar-refractivity contribution < 1.29 is 14.4 Å². The zero-order chi connectivity index (χ0) is 19.1. The molecule has 0 saturated carbocycles. The van der Waals surface area contributed by atoms with Gasteiger partial charge in [-0.25, -0.2) is 4.68 Å². The number of hydrogen-bond donors (Lipinski definition) is 2. The van der Waals surface area contributed by atoms with E-state index in [0.29, 0.717) is 6.54 Å². The summed E-state index contributed by atoms with van der Waals surface area (Å²) in [6, 6.07) is 7.76. The maximum atomic E-state index is 12.9. The molecule has 0 atom stereocenters. The summed E-state index contributed by atoms with van der Waals surface area (Å²) in [5.41, 5.74) is 3.50. The van der Waals surface area contributed by atoms with Crippen molar-refractivity contribution in [2.75, 3.05) is 34.3 Å². The van der Waals surface area contributed by atoms with Crippen LogP contribution < -0.4 is 15.0 Å². The van der Waals surface area contributed by atoms with E-state index in [2.05, 4.69) is 33.3 Å². The number of amides is 1. The molecule has 1 aromatic carbocycles. The third-order valence-electron chi connectivity index (χ3n) is 4.33.